The third-order valence-electron chi connectivity index (χ3n) is 2.04. The molecule has 0 amide bonds. The lowest BCUT2D eigenvalue weighted by Crippen LogP contribution is -2.04. The highest BCUT2D eigenvalue weighted by Gasteiger charge is 2.16. The van der Waals surface area contributed by atoms with Crippen LogP contribution in [0.25, 0.3) is 5.69 Å². The molecule has 0 saturated carbocycles. The van der Waals surface area contributed by atoms with Crippen LogP contribution < -0.4 is 0 Å². The van der Waals surface area contributed by atoms with E-state index in [0.717, 1.165) is 0 Å². The van der Waals surface area contributed by atoms with Gasteiger partial charge in [-0.1, -0.05) is 0 Å². The number of nitrogens with zero attached hydrogens (tertiary/aromatic N) is 2. The minimum atomic E-state index is -1.18. The monoisotopic (exact) mass is 284 g/mol. The van der Waals surface area contributed by atoms with E-state index in [0.29, 0.717) is 0 Å². The van der Waals surface area contributed by atoms with Gasteiger partial charge in [0.1, 0.15) is 5.69 Å². The van der Waals surface area contributed by atoms with Crippen LogP contribution in [0.4, 0.5) is 4.39 Å². The average molecular weight is 285 g/mol. The summed E-state index contributed by atoms with van der Waals surface area (Å²) in [6, 6.07) is 4.35. The Balaban J connectivity index is 2.60. The van der Waals surface area contributed by atoms with Gasteiger partial charge in [-0.15, -0.1) is 0 Å². The molecule has 82 valence electrons. The summed E-state index contributed by atoms with van der Waals surface area (Å²) < 4.78 is 15.1. The summed E-state index contributed by atoms with van der Waals surface area (Å²) in [4.78, 5) is 10.8. The molecule has 0 aliphatic rings. The first kappa shape index (κ1) is 10.8. The van der Waals surface area contributed by atoms with Crippen molar-refractivity contribution in [2.45, 2.75) is 0 Å². The van der Waals surface area contributed by atoms with Crippen LogP contribution in [0.3, 0.4) is 0 Å². The summed E-state index contributed by atoms with van der Waals surface area (Å²) in [5, 5.41) is 12.7. The number of aromatic nitrogens is 2. The Labute approximate surface area is 98.4 Å². The number of aromatic carboxylic acids is 1. The Hall–Kier alpha value is -1.69. The molecule has 1 heterocycles. The molecule has 4 nitrogen and oxygen atoms in total. The van der Waals surface area contributed by atoms with Crippen molar-refractivity contribution in [1.29, 1.82) is 0 Å². The van der Waals surface area contributed by atoms with Crippen LogP contribution in [0, 0.1) is 5.82 Å². The molecular weight excluding hydrogens is 279 g/mol. The summed E-state index contributed by atoms with van der Waals surface area (Å²) in [6.45, 7) is 0. The van der Waals surface area contributed by atoms with E-state index in [1.165, 1.54) is 23.0 Å². The lowest BCUT2D eigenvalue weighted by molar-refractivity contribution is 0.0695. The summed E-state index contributed by atoms with van der Waals surface area (Å²) in [5.41, 5.74) is 0.0790. The van der Waals surface area contributed by atoms with E-state index in [9.17, 15) is 9.18 Å². The maximum atomic E-state index is 13.8. The Morgan fingerprint density at radius 3 is 2.81 bits per heavy atom. The highest BCUT2D eigenvalue weighted by molar-refractivity contribution is 9.10. The van der Waals surface area contributed by atoms with Crippen LogP contribution >= 0.6 is 15.9 Å². The predicted molar refractivity (Wildman–Crippen MR) is 58.2 cm³/mol. The van der Waals surface area contributed by atoms with Crippen molar-refractivity contribution in [2.24, 2.45) is 0 Å². The third kappa shape index (κ3) is 1.71. The lowest BCUT2D eigenvalue weighted by atomic mass is 10.2. The number of rotatable bonds is 2. The molecule has 0 atom stereocenters. The fourth-order valence-electron chi connectivity index (χ4n) is 1.29. The summed E-state index contributed by atoms with van der Waals surface area (Å²) in [6.07, 6.45) is 3.09. The first-order chi connectivity index (χ1) is 7.61. The van der Waals surface area contributed by atoms with Crippen molar-refractivity contribution in [3.8, 4) is 5.69 Å². The first-order valence-corrected chi connectivity index (χ1v) is 5.12. The number of carbonyl (C=O) groups is 1. The molecular formula is C10H6BrFN2O2. The fourth-order valence-corrected chi connectivity index (χ4v) is 1.80. The van der Waals surface area contributed by atoms with Crippen LogP contribution in [0.1, 0.15) is 10.4 Å². The molecule has 16 heavy (non-hydrogen) atoms. The van der Waals surface area contributed by atoms with Crippen LogP contribution in [-0.2, 0) is 0 Å². The number of hydrogen-bond acceptors (Lipinski definition) is 2. The summed E-state index contributed by atoms with van der Waals surface area (Å²) >= 11 is 2.92. The molecule has 1 aromatic heterocycles. The van der Waals surface area contributed by atoms with Gasteiger partial charge in [0.2, 0.25) is 0 Å². The number of carboxylic acid groups (broad SMARTS) is 1. The molecule has 0 bridgehead atoms. The number of hydrogen-bond donors (Lipinski definition) is 1. The van der Waals surface area contributed by atoms with Crippen LogP contribution in [0.15, 0.2) is 35.1 Å². The topological polar surface area (TPSA) is 55.1 Å². The Bertz CT molecular complexity index is 540. The van der Waals surface area contributed by atoms with Gasteiger partial charge in [-0.3, -0.25) is 0 Å². The second kappa shape index (κ2) is 4.05. The van der Waals surface area contributed by atoms with E-state index in [2.05, 4.69) is 21.0 Å². The molecule has 2 rings (SSSR count). The van der Waals surface area contributed by atoms with Crippen molar-refractivity contribution in [3.63, 3.8) is 0 Å². The van der Waals surface area contributed by atoms with Gasteiger partial charge in [0, 0.05) is 12.4 Å². The maximum Gasteiger partial charge on any atom is 0.336 e. The van der Waals surface area contributed by atoms with E-state index < -0.39 is 11.8 Å². The minimum absolute atomic E-state index is 0.0759. The van der Waals surface area contributed by atoms with E-state index in [1.54, 1.807) is 12.3 Å². The number of carboxylic acids is 1. The largest absolute Gasteiger partial charge is 0.478 e. The fraction of sp³-hybridized carbons (Fsp3) is 0. The van der Waals surface area contributed by atoms with Gasteiger partial charge in [0.05, 0.1) is 10.0 Å². The normalized spacial score (nSPS) is 10.4. The van der Waals surface area contributed by atoms with E-state index in [4.69, 9.17) is 5.11 Å². The van der Waals surface area contributed by atoms with Gasteiger partial charge in [0.15, 0.2) is 5.82 Å². The highest BCUT2D eigenvalue weighted by atomic mass is 79.9. The Morgan fingerprint density at radius 1 is 1.50 bits per heavy atom. The zero-order valence-electron chi connectivity index (χ0n) is 7.89. The Kier molecular flexibility index (Phi) is 2.74. The van der Waals surface area contributed by atoms with Crippen molar-refractivity contribution in [3.05, 3.63) is 46.4 Å². The molecule has 1 N–H and O–H groups in total. The van der Waals surface area contributed by atoms with Crippen molar-refractivity contribution in [1.82, 2.24) is 9.78 Å². The van der Waals surface area contributed by atoms with Crippen LogP contribution in [0.5, 0.6) is 0 Å². The lowest BCUT2D eigenvalue weighted by Gasteiger charge is -2.06. The van der Waals surface area contributed by atoms with Gasteiger partial charge < -0.3 is 5.11 Å². The summed E-state index contributed by atoms with van der Waals surface area (Å²) in [5.74, 6) is -1.83. The molecule has 1 aromatic carbocycles. The predicted octanol–water partition coefficient (Wildman–Crippen LogP) is 2.47. The van der Waals surface area contributed by atoms with Crippen LogP contribution in [-0.4, -0.2) is 20.9 Å². The van der Waals surface area contributed by atoms with E-state index in [1.807, 2.05) is 0 Å². The SMILES string of the molecule is O=C(O)c1ccc(-n2cccn2)c(F)c1Br. The molecule has 0 radical (unpaired) electrons. The van der Waals surface area contributed by atoms with Crippen molar-refractivity contribution >= 4 is 21.9 Å². The highest BCUT2D eigenvalue weighted by Crippen LogP contribution is 2.25. The second-order valence-electron chi connectivity index (χ2n) is 3.02. The summed E-state index contributed by atoms with van der Waals surface area (Å²) in [7, 11) is 0. The molecule has 0 spiro atoms. The quantitative estimate of drug-likeness (QED) is 0.922. The zero-order valence-corrected chi connectivity index (χ0v) is 9.48. The molecule has 0 aliphatic carbocycles. The molecule has 0 unspecified atom stereocenters. The zero-order chi connectivity index (χ0) is 11.7. The van der Waals surface area contributed by atoms with Gasteiger partial charge in [0.25, 0.3) is 0 Å². The Morgan fingerprint density at radius 2 is 2.25 bits per heavy atom. The third-order valence-corrected chi connectivity index (χ3v) is 2.82. The van der Waals surface area contributed by atoms with Crippen molar-refractivity contribution in [2.75, 3.05) is 0 Å². The van der Waals surface area contributed by atoms with E-state index in [-0.39, 0.29) is 15.7 Å². The molecule has 2 aromatic rings. The maximum absolute atomic E-state index is 13.8. The van der Waals surface area contributed by atoms with Crippen molar-refractivity contribution < 1.29 is 14.3 Å². The van der Waals surface area contributed by atoms with E-state index >= 15 is 0 Å². The van der Waals surface area contributed by atoms with Gasteiger partial charge >= 0.3 is 5.97 Å². The van der Waals surface area contributed by atoms with Gasteiger partial charge in [-0.25, -0.2) is 13.9 Å². The first-order valence-electron chi connectivity index (χ1n) is 4.32. The minimum Gasteiger partial charge on any atom is -0.478 e. The van der Waals surface area contributed by atoms with Gasteiger partial charge in [-0.2, -0.15) is 5.10 Å². The van der Waals surface area contributed by atoms with Crippen LogP contribution in [0.2, 0.25) is 0 Å². The molecule has 0 aliphatic heterocycles. The second-order valence-corrected chi connectivity index (χ2v) is 3.81. The standard InChI is InChI=1S/C10H6BrFN2O2/c11-8-6(10(15)16)2-3-7(9(8)12)14-5-1-4-13-14/h1-5H,(H,15,16). The molecule has 0 saturated heterocycles. The molecule has 0 fully saturated rings. The molecule has 6 heteroatoms. The average Bonchev–Trinajstić information content (AvgIpc) is 2.74. The van der Waals surface area contributed by atoms with Gasteiger partial charge in [-0.05, 0) is 34.1 Å². The number of halogens is 2. The smallest absolute Gasteiger partial charge is 0.336 e. The number of benzene rings is 1.